The number of nitrogens with one attached hydrogen (secondary N) is 3. The largest absolute Gasteiger partial charge is 0.477 e. The fourth-order valence-corrected chi connectivity index (χ4v) is 6.53. The fraction of sp³-hybridized carbons (Fsp3) is 0.429. The van der Waals surface area contributed by atoms with Crippen LogP contribution < -0.4 is 26.9 Å². The van der Waals surface area contributed by atoms with Crippen molar-refractivity contribution in [3.05, 3.63) is 95.7 Å². The highest BCUT2D eigenvalue weighted by Crippen LogP contribution is 2.41. The van der Waals surface area contributed by atoms with Crippen molar-refractivity contribution in [2.75, 3.05) is 42.9 Å². The standard InChI is InChI=1S/C35H41FN6O5/c1-3-22-17-24(10-7-21(22)2)37-29-20-30(43)42(35(47)39-29)12-6-4-5-11-40-13-15-41(16-14-40)28-19-27-25(18-26(28)36)33(44)31(34(45)46)32(38-27)23-8-9-23/h7,10,17-20,23,37H,3-6,8-9,11-16H2,1-2H3,(H,38,44)(H,39,47)(H,45,46). The number of nitrogens with zero attached hydrogens (tertiary/aromatic N) is 3. The van der Waals surface area contributed by atoms with E-state index in [2.05, 4.69) is 34.0 Å². The third-order valence-electron chi connectivity index (χ3n) is 9.40. The number of aryl methyl sites for hydroxylation is 2. The molecule has 0 unspecified atom stereocenters. The lowest BCUT2D eigenvalue weighted by Gasteiger charge is -2.36. The highest BCUT2D eigenvalue weighted by Gasteiger charge is 2.32. The third-order valence-corrected chi connectivity index (χ3v) is 9.40. The van der Waals surface area contributed by atoms with Crippen LogP contribution in [0.1, 0.15) is 72.1 Å². The zero-order chi connectivity index (χ0) is 33.2. The molecule has 1 aliphatic heterocycles. The summed E-state index contributed by atoms with van der Waals surface area (Å²) in [5.41, 5.74) is 2.81. The minimum Gasteiger partial charge on any atom is -0.477 e. The smallest absolute Gasteiger partial charge is 0.341 e. The first kappa shape index (κ1) is 32.2. The van der Waals surface area contributed by atoms with E-state index >= 15 is 4.39 Å². The number of pyridine rings is 1. The average Bonchev–Trinajstić information content (AvgIpc) is 3.89. The number of piperazine rings is 1. The van der Waals surface area contributed by atoms with Gasteiger partial charge in [0.2, 0.25) is 5.43 Å². The van der Waals surface area contributed by atoms with Gasteiger partial charge in [-0.25, -0.2) is 14.0 Å². The Kier molecular flexibility index (Phi) is 9.31. The number of aromatic nitrogens is 3. The Labute approximate surface area is 271 Å². The van der Waals surface area contributed by atoms with Gasteiger partial charge in [0.05, 0.1) is 11.2 Å². The lowest BCUT2D eigenvalue weighted by atomic mass is 10.0. The lowest BCUT2D eigenvalue weighted by Crippen LogP contribution is -2.47. The number of carbonyl (C=O) groups is 1. The zero-order valence-corrected chi connectivity index (χ0v) is 26.8. The van der Waals surface area contributed by atoms with E-state index in [0.717, 1.165) is 63.5 Å². The Balaban J connectivity index is 0.993. The summed E-state index contributed by atoms with van der Waals surface area (Å²) in [5.74, 6) is -1.43. The molecule has 2 aliphatic rings. The molecule has 248 valence electrons. The summed E-state index contributed by atoms with van der Waals surface area (Å²) in [6.45, 7) is 8.05. The highest BCUT2D eigenvalue weighted by atomic mass is 19.1. The number of anilines is 3. The van der Waals surface area contributed by atoms with Crippen LogP contribution in [-0.2, 0) is 13.0 Å². The van der Waals surface area contributed by atoms with E-state index < -0.39 is 22.9 Å². The number of carboxylic acid groups (broad SMARTS) is 1. The molecule has 47 heavy (non-hydrogen) atoms. The molecule has 2 aromatic carbocycles. The second kappa shape index (κ2) is 13.6. The normalized spacial score (nSPS) is 15.3. The van der Waals surface area contributed by atoms with Crippen molar-refractivity contribution in [3.63, 3.8) is 0 Å². The first-order valence-electron chi connectivity index (χ1n) is 16.4. The molecule has 1 saturated heterocycles. The topological polar surface area (TPSA) is 144 Å². The van der Waals surface area contributed by atoms with Gasteiger partial charge in [-0.05, 0) is 81.0 Å². The van der Waals surface area contributed by atoms with Crippen LogP contribution in [0.5, 0.6) is 0 Å². The Morgan fingerprint density at radius 3 is 2.40 bits per heavy atom. The fourth-order valence-electron chi connectivity index (χ4n) is 6.53. The van der Waals surface area contributed by atoms with E-state index in [0.29, 0.717) is 48.8 Å². The van der Waals surface area contributed by atoms with Gasteiger partial charge in [0.25, 0.3) is 5.56 Å². The predicted molar refractivity (Wildman–Crippen MR) is 181 cm³/mol. The number of halogens is 1. The van der Waals surface area contributed by atoms with E-state index in [1.807, 2.05) is 23.1 Å². The molecule has 1 aliphatic carbocycles. The number of rotatable bonds is 12. The van der Waals surface area contributed by atoms with Crippen molar-refractivity contribution >= 4 is 34.1 Å². The Morgan fingerprint density at radius 1 is 0.979 bits per heavy atom. The van der Waals surface area contributed by atoms with Crippen LogP contribution in [0.25, 0.3) is 10.9 Å². The first-order chi connectivity index (χ1) is 22.6. The van der Waals surface area contributed by atoms with Crippen LogP contribution in [0.4, 0.5) is 21.6 Å². The number of hydrogen-bond donors (Lipinski definition) is 4. The van der Waals surface area contributed by atoms with Crippen LogP contribution in [0, 0.1) is 12.7 Å². The average molecular weight is 645 g/mol. The molecule has 0 amide bonds. The van der Waals surface area contributed by atoms with Crippen molar-refractivity contribution in [2.45, 2.75) is 64.8 Å². The monoisotopic (exact) mass is 644 g/mol. The number of hydrogen-bond acceptors (Lipinski definition) is 7. The van der Waals surface area contributed by atoms with Gasteiger partial charge in [-0.1, -0.05) is 19.4 Å². The molecular weight excluding hydrogens is 603 g/mol. The highest BCUT2D eigenvalue weighted by molar-refractivity contribution is 5.95. The van der Waals surface area contributed by atoms with Crippen molar-refractivity contribution in [3.8, 4) is 0 Å². The summed E-state index contributed by atoms with van der Waals surface area (Å²) >= 11 is 0. The Hall–Kier alpha value is -4.71. The van der Waals surface area contributed by atoms with Gasteiger partial charge in [-0.15, -0.1) is 0 Å². The second-order valence-corrected chi connectivity index (χ2v) is 12.7. The van der Waals surface area contributed by atoms with Crippen molar-refractivity contribution in [1.29, 1.82) is 0 Å². The summed E-state index contributed by atoms with van der Waals surface area (Å²) in [4.78, 5) is 60.3. The quantitative estimate of drug-likeness (QED) is 0.163. The van der Waals surface area contributed by atoms with Gasteiger partial charge in [-0.3, -0.25) is 24.0 Å². The van der Waals surface area contributed by atoms with Gasteiger partial charge in [0, 0.05) is 61.5 Å². The number of aromatic amines is 2. The maximum Gasteiger partial charge on any atom is 0.341 e. The van der Waals surface area contributed by atoms with Crippen LogP contribution in [0.2, 0.25) is 0 Å². The SMILES string of the molecule is CCc1cc(Nc2cc(=O)n(CCCCCN3CCN(c4cc5[nH]c(C6CC6)c(C(=O)O)c(=O)c5cc4F)CC3)c(=O)[nH]2)ccc1C. The van der Waals surface area contributed by atoms with E-state index in [1.165, 1.54) is 21.8 Å². The summed E-state index contributed by atoms with van der Waals surface area (Å²) in [7, 11) is 0. The van der Waals surface area contributed by atoms with E-state index in [4.69, 9.17) is 0 Å². The predicted octanol–water partition coefficient (Wildman–Crippen LogP) is 4.70. The van der Waals surface area contributed by atoms with Crippen LogP contribution in [0.3, 0.4) is 0 Å². The maximum atomic E-state index is 15.2. The molecular formula is C35H41FN6O5. The van der Waals surface area contributed by atoms with Crippen LogP contribution in [0.15, 0.2) is 50.8 Å². The molecule has 3 heterocycles. The minimum atomic E-state index is -1.29. The minimum absolute atomic E-state index is 0.0263. The van der Waals surface area contributed by atoms with E-state index in [1.54, 1.807) is 6.07 Å². The molecule has 11 nitrogen and oxygen atoms in total. The van der Waals surface area contributed by atoms with Gasteiger partial charge in [0.1, 0.15) is 17.2 Å². The molecule has 2 fully saturated rings. The molecule has 1 saturated carbocycles. The van der Waals surface area contributed by atoms with E-state index in [9.17, 15) is 24.3 Å². The molecule has 4 N–H and O–H groups in total. The molecule has 0 spiro atoms. The molecule has 2 aromatic heterocycles. The number of fused-ring (bicyclic) bond motifs is 1. The van der Waals surface area contributed by atoms with Crippen molar-refractivity contribution in [2.24, 2.45) is 0 Å². The Morgan fingerprint density at radius 2 is 1.72 bits per heavy atom. The number of benzene rings is 2. The summed E-state index contributed by atoms with van der Waals surface area (Å²) in [6, 6.07) is 10.2. The van der Waals surface area contributed by atoms with Gasteiger partial charge >= 0.3 is 11.7 Å². The molecule has 0 bridgehead atoms. The van der Waals surface area contributed by atoms with Gasteiger partial charge < -0.3 is 20.3 Å². The summed E-state index contributed by atoms with van der Waals surface area (Å²) in [6.07, 6.45) is 5.00. The maximum absolute atomic E-state index is 15.2. The third kappa shape index (κ3) is 7.02. The molecule has 4 aromatic rings. The molecule has 0 radical (unpaired) electrons. The first-order valence-corrected chi connectivity index (χ1v) is 16.4. The zero-order valence-electron chi connectivity index (χ0n) is 26.8. The van der Waals surface area contributed by atoms with Crippen LogP contribution >= 0.6 is 0 Å². The molecule has 0 atom stereocenters. The molecule has 6 rings (SSSR count). The Bertz CT molecular complexity index is 1960. The number of unbranched alkanes of at least 4 members (excludes halogenated alkanes) is 2. The van der Waals surface area contributed by atoms with Crippen molar-refractivity contribution in [1.82, 2.24) is 19.4 Å². The number of aromatic carboxylic acids is 1. The van der Waals surface area contributed by atoms with Gasteiger partial charge in [0.15, 0.2) is 0 Å². The van der Waals surface area contributed by atoms with Crippen LogP contribution in [-0.4, -0.2) is 63.2 Å². The van der Waals surface area contributed by atoms with E-state index in [-0.39, 0.29) is 22.4 Å². The number of carboxylic acids is 1. The lowest BCUT2D eigenvalue weighted by molar-refractivity contribution is 0.0694. The molecule has 12 heteroatoms. The summed E-state index contributed by atoms with van der Waals surface area (Å²) < 4.78 is 16.5. The number of H-pyrrole nitrogens is 2. The van der Waals surface area contributed by atoms with Crippen molar-refractivity contribution < 1.29 is 14.3 Å². The van der Waals surface area contributed by atoms with Gasteiger partial charge in [-0.2, -0.15) is 0 Å². The summed E-state index contributed by atoms with van der Waals surface area (Å²) in [5, 5.41) is 12.8. The second-order valence-electron chi connectivity index (χ2n) is 12.7.